The van der Waals surface area contributed by atoms with Gasteiger partial charge in [-0.3, -0.25) is 9.59 Å². The third-order valence-corrected chi connectivity index (χ3v) is 10.3. The lowest BCUT2D eigenvalue weighted by molar-refractivity contribution is -0.123. The van der Waals surface area contributed by atoms with Crippen LogP contribution in [0.2, 0.25) is 0 Å². The summed E-state index contributed by atoms with van der Waals surface area (Å²) < 4.78 is 11.8. The normalized spacial score (nSPS) is 28.6. The second-order valence-corrected chi connectivity index (χ2v) is 14.0. The SMILES string of the molecule is CC(C)(COc1noc(C(=O)NC2C3CC4CC(C3)CC2C4)c1SC1CCCCC1)CC(=O)NCCN.Cl. The van der Waals surface area contributed by atoms with Crippen LogP contribution in [0, 0.1) is 29.1 Å². The van der Waals surface area contributed by atoms with Gasteiger partial charge in [-0.25, -0.2) is 0 Å². The largest absolute Gasteiger partial charge is 0.474 e. The number of carbonyl (C=O) groups is 2. The topological polar surface area (TPSA) is 119 Å². The molecule has 1 heterocycles. The fraction of sp³-hybridized carbons (Fsp3) is 0.821. The van der Waals surface area contributed by atoms with Crippen molar-refractivity contribution in [1.82, 2.24) is 15.8 Å². The summed E-state index contributed by atoms with van der Waals surface area (Å²) in [6.07, 6.45) is 12.6. The maximum absolute atomic E-state index is 13.6. The number of halogens is 1. The molecule has 0 spiro atoms. The molecule has 2 amide bonds. The van der Waals surface area contributed by atoms with Gasteiger partial charge in [0.15, 0.2) is 0 Å². The molecule has 1 aromatic heterocycles. The molecule has 5 fully saturated rings. The first-order valence-electron chi connectivity index (χ1n) is 14.4. The quantitative estimate of drug-likeness (QED) is 0.345. The summed E-state index contributed by atoms with van der Waals surface area (Å²) in [7, 11) is 0. The second kappa shape index (κ2) is 12.8. The van der Waals surface area contributed by atoms with E-state index in [1.54, 1.807) is 11.8 Å². The smallest absolute Gasteiger partial charge is 0.291 e. The van der Waals surface area contributed by atoms with Crippen LogP contribution < -0.4 is 21.1 Å². The van der Waals surface area contributed by atoms with E-state index in [-0.39, 0.29) is 36.0 Å². The highest BCUT2D eigenvalue weighted by atomic mass is 35.5. The first-order chi connectivity index (χ1) is 17.8. The number of hydrogen-bond acceptors (Lipinski definition) is 7. The molecular formula is C28H45ClN4O4S. The molecule has 4 N–H and O–H groups in total. The van der Waals surface area contributed by atoms with Crippen molar-refractivity contribution >= 4 is 36.0 Å². The first-order valence-corrected chi connectivity index (χ1v) is 15.3. The number of thioether (sulfide) groups is 1. The highest BCUT2D eigenvalue weighted by Crippen LogP contribution is 2.54. The van der Waals surface area contributed by atoms with Crippen LogP contribution in [0.15, 0.2) is 9.42 Å². The summed E-state index contributed by atoms with van der Waals surface area (Å²) in [5, 5.41) is 10.9. The predicted octanol–water partition coefficient (Wildman–Crippen LogP) is 4.95. The van der Waals surface area contributed by atoms with Crippen LogP contribution >= 0.6 is 24.2 Å². The van der Waals surface area contributed by atoms with E-state index in [0.29, 0.717) is 49.1 Å². The van der Waals surface area contributed by atoms with E-state index < -0.39 is 5.41 Å². The molecule has 0 aliphatic heterocycles. The van der Waals surface area contributed by atoms with E-state index >= 15 is 0 Å². The molecule has 5 aliphatic rings. The highest BCUT2D eigenvalue weighted by molar-refractivity contribution is 8.00. The average molecular weight is 569 g/mol. The molecule has 0 atom stereocenters. The van der Waals surface area contributed by atoms with Gasteiger partial charge in [0.05, 0.1) is 6.61 Å². The van der Waals surface area contributed by atoms with Crippen molar-refractivity contribution in [2.24, 2.45) is 34.8 Å². The van der Waals surface area contributed by atoms with Gasteiger partial charge in [0.25, 0.3) is 11.8 Å². The van der Waals surface area contributed by atoms with Gasteiger partial charge in [0.2, 0.25) is 11.7 Å². The van der Waals surface area contributed by atoms with Crippen molar-refractivity contribution in [3.05, 3.63) is 5.76 Å². The number of ether oxygens (including phenoxy) is 1. The Morgan fingerprint density at radius 2 is 1.74 bits per heavy atom. The third-order valence-electron chi connectivity index (χ3n) is 8.89. The van der Waals surface area contributed by atoms with Crippen molar-refractivity contribution in [3.63, 3.8) is 0 Å². The highest BCUT2D eigenvalue weighted by Gasteiger charge is 2.49. The number of rotatable bonds is 11. The maximum Gasteiger partial charge on any atom is 0.291 e. The van der Waals surface area contributed by atoms with Gasteiger partial charge >= 0.3 is 0 Å². The molecule has 0 radical (unpaired) electrons. The van der Waals surface area contributed by atoms with Crippen LogP contribution in [0.4, 0.5) is 0 Å². The van der Waals surface area contributed by atoms with Gasteiger partial charge < -0.3 is 25.6 Å². The van der Waals surface area contributed by atoms with Crippen LogP contribution in [0.5, 0.6) is 5.88 Å². The number of nitrogens with zero attached hydrogens (tertiary/aromatic N) is 1. The van der Waals surface area contributed by atoms with Gasteiger partial charge in [-0.1, -0.05) is 33.1 Å². The fourth-order valence-corrected chi connectivity index (χ4v) is 8.69. The molecular weight excluding hydrogens is 524 g/mol. The summed E-state index contributed by atoms with van der Waals surface area (Å²) in [6, 6.07) is 0.244. The number of nitrogens with one attached hydrogen (secondary N) is 2. The van der Waals surface area contributed by atoms with Crippen LogP contribution in [-0.4, -0.2) is 48.0 Å². The molecule has 0 aromatic carbocycles. The summed E-state index contributed by atoms with van der Waals surface area (Å²) in [5.41, 5.74) is 5.09. The number of carbonyl (C=O) groups excluding carboxylic acids is 2. The van der Waals surface area contributed by atoms with E-state index in [9.17, 15) is 9.59 Å². The Morgan fingerprint density at radius 3 is 2.37 bits per heavy atom. The number of aromatic nitrogens is 1. The number of amides is 2. The van der Waals surface area contributed by atoms with Crippen molar-refractivity contribution in [1.29, 1.82) is 0 Å². The Bertz CT molecular complexity index is 937. The molecule has 1 aromatic rings. The van der Waals surface area contributed by atoms with Crippen LogP contribution in [0.1, 0.15) is 95.0 Å². The molecule has 4 bridgehead atoms. The van der Waals surface area contributed by atoms with Crippen molar-refractivity contribution < 1.29 is 18.8 Å². The monoisotopic (exact) mass is 568 g/mol. The molecule has 0 unspecified atom stereocenters. The molecule has 5 saturated carbocycles. The summed E-state index contributed by atoms with van der Waals surface area (Å²) in [6.45, 7) is 5.15. The van der Waals surface area contributed by atoms with E-state index in [4.69, 9.17) is 15.0 Å². The third kappa shape index (κ3) is 7.00. The Hall–Kier alpha value is -1.45. The molecule has 8 nitrogen and oxygen atoms in total. The molecule has 214 valence electrons. The molecule has 6 rings (SSSR count). The van der Waals surface area contributed by atoms with Crippen LogP contribution in [-0.2, 0) is 4.79 Å². The lowest BCUT2D eigenvalue weighted by Gasteiger charge is -2.54. The van der Waals surface area contributed by atoms with Crippen molar-refractivity contribution in [2.75, 3.05) is 19.7 Å². The van der Waals surface area contributed by atoms with Crippen molar-refractivity contribution in [2.45, 2.75) is 101 Å². The fourth-order valence-electron chi connectivity index (χ4n) is 7.36. The zero-order valence-corrected chi connectivity index (χ0v) is 24.5. The van der Waals surface area contributed by atoms with E-state index in [0.717, 1.165) is 29.6 Å². The standard InChI is InChI=1S/C28H44N4O4S.ClH/c1-28(2,15-22(33)30-9-8-29)16-35-27-25(37-21-6-4-3-5-7-21)24(36-32-27)26(34)31-23-19-11-17-10-18(13-19)14-20(23)12-17;/h17-21,23H,3-16,29H2,1-2H3,(H,30,33)(H,31,34);1H. The lowest BCUT2D eigenvalue weighted by atomic mass is 9.54. The maximum atomic E-state index is 13.6. The second-order valence-electron chi connectivity index (χ2n) is 12.7. The van der Waals surface area contributed by atoms with Gasteiger partial charge in [-0.2, -0.15) is 0 Å². The molecule has 10 heteroatoms. The summed E-state index contributed by atoms with van der Waals surface area (Å²) >= 11 is 1.68. The van der Waals surface area contributed by atoms with Crippen LogP contribution in [0.3, 0.4) is 0 Å². The van der Waals surface area contributed by atoms with Crippen LogP contribution in [0.25, 0.3) is 0 Å². The molecule has 0 saturated heterocycles. The Morgan fingerprint density at radius 1 is 1.08 bits per heavy atom. The van der Waals surface area contributed by atoms with E-state index in [1.165, 1.54) is 51.4 Å². The molecule has 38 heavy (non-hydrogen) atoms. The Balaban J connectivity index is 0.00000336. The minimum atomic E-state index is -0.410. The molecule has 5 aliphatic carbocycles. The zero-order valence-electron chi connectivity index (χ0n) is 22.8. The first kappa shape index (κ1) is 29.5. The van der Waals surface area contributed by atoms with E-state index in [2.05, 4.69) is 15.8 Å². The summed E-state index contributed by atoms with van der Waals surface area (Å²) in [4.78, 5) is 26.5. The van der Waals surface area contributed by atoms with Gasteiger partial charge in [0.1, 0.15) is 4.90 Å². The Kier molecular flexibility index (Phi) is 9.96. The minimum absolute atomic E-state index is 0. The predicted molar refractivity (Wildman–Crippen MR) is 151 cm³/mol. The van der Waals surface area contributed by atoms with Crippen molar-refractivity contribution in [3.8, 4) is 5.88 Å². The minimum Gasteiger partial charge on any atom is -0.474 e. The van der Waals surface area contributed by atoms with Gasteiger partial charge in [-0.15, -0.1) is 24.2 Å². The number of nitrogens with two attached hydrogens (primary N) is 1. The van der Waals surface area contributed by atoms with E-state index in [1.807, 2.05) is 13.8 Å². The lowest BCUT2D eigenvalue weighted by Crippen LogP contribution is -2.55. The van der Waals surface area contributed by atoms with Gasteiger partial charge in [0, 0.05) is 36.2 Å². The number of hydrogen-bond donors (Lipinski definition) is 3. The zero-order chi connectivity index (χ0) is 26.0. The van der Waals surface area contributed by atoms with Gasteiger partial charge in [-0.05, 0) is 73.8 Å². The average Bonchev–Trinajstić information content (AvgIpc) is 3.26. The Labute approximate surface area is 237 Å². The summed E-state index contributed by atoms with van der Waals surface area (Å²) in [5.74, 6) is 3.38.